The molecule has 96 valence electrons. The molecule has 0 aliphatic carbocycles. The minimum Gasteiger partial charge on any atom is -0.497 e. The molecule has 0 aliphatic heterocycles. The summed E-state index contributed by atoms with van der Waals surface area (Å²) >= 11 is 0. The first-order valence-corrected chi connectivity index (χ1v) is 5.10. The molecular weight excluding hydrogens is 233 g/mol. The van der Waals surface area contributed by atoms with Crippen LogP contribution in [0.1, 0.15) is 23.6 Å². The molecule has 4 N–H and O–H groups in total. The highest BCUT2D eigenvalue weighted by Crippen LogP contribution is 2.34. The number of nitrogens with two attached hydrogens (primary N) is 2. The van der Waals surface area contributed by atoms with Crippen LogP contribution >= 0.6 is 0 Å². The van der Waals surface area contributed by atoms with Gasteiger partial charge < -0.3 is 16.2 Å². The lowest BCUT2D eigenvalue weighted by Gasteiger charge is -2.15. The van der Waals surface area contributed by atoms with Gasteiger partial charge in [0, 0.05) is 6.04 Å². The highest BCUT2D eigenvalue weighted by molar-refractivity contribution is 5.37. The van der Waals surface area contributed by atoms with E-state index in [0.29, 0.717) is 18.5 Å². The fraction of sp³-hybridized carbons (Fsp3) is 0.455. The van der Waals surface area contributed by atoms with Crippen LogP contribution in [0.4, 0.5) is 13.2 Å². The van der Waals surface area contributed by atoms with E-state index < -0.39 is 17.8 Å². The monoisotopic (exact) mass is 248 g/mol. The maximum atomic E-state index is 12.6. The Morgan fingerprint density at radius 1 is 1.29 bits per heavy atom. The van der Waals surface area contributed by atoms with Crippen LogP contribution in [-0.4, -0.2) is 13.7 Å². The van der Waals surface area contributed by atoms with Crippen LogP contribution in [0, 0.1) is 0 Å². The zero-order valence-corrected chi connectivity index (χ0v) is 9.42. The minimum absolute atomic E-state index is 0.141. The molecule has 0 aromatic heterocycles. The van der Waals surface area contributed by atoms with Gasteiger partial charge in [-0.1, -0.05) is 0 Å². The fourth-order valence-corrected chi connectivity index (χ4v) is 1.46. The summed E-state index contributed by atoms with van der Waals surface area (Å²) in [6, 6.07) is 2.95. The molecule has 3 nitrogen and oxygen atoms in total. The van der Waals surface area contributed by atoms with Crippen molar-refractivity contribution in [2.45, 2.75) is 18.6 Å². The molecule has 0 amide bonds. The molecule has 0 saturated heterocycles. The van der Waals surface area contributed by atoms with Crippen molar-refractivity contribution in [3.05, 3.63) is 29.3 Å². The molecule has 1 aromatic carbocycles. The molecule has 0 aliphatic rings. The molecule has 0 radical (unpaired) electrons. The van der Waals surface area contributed by atoms with E-state index in [9.17, 15) is 13.2 Å². The first kappa shape index (κ1) is 13.8. The van der Waals surface area contributed by atoms with E-state index >= 15 is 0 Å². The maximum Gasteiger partial charge on any atom is 0.416 e. The van der Waals surface area contributed by atoms with Gasteiger partial charge in [0.2, 0.25) is 0 Å². The summed E-state index contributed by atoms with van der Waals surface area (Å²) in [6.07, 6.45) is -3.99. The normalized spacial score (nSPS) is 13.5. The second-order valence-corrected chi connectivity index (χ2v) is 3.68. The smallest absolute Gasteiger partial charge is 0.416 e. The number of benzene rings is 1. The summed E-state index contributed by atoms with van der Waals surface area (Å²) in [6.45, 7) is 0.319. The van der Waals surface area contributed by atoms with Gasteiger partial charge in [0.05, 0.1) is 12.7 Å². The molecule has 0 bridgehead atoms. The van der Waals surface area contributed by atoms with Gasteiger partial charge in [-0.05, 0) is 36.7 Å². The minimum atomic E-state index is -4.41. The van der Waals surface area contributed by atoms with Crippen molar-refractivity contribution in [2.24, 2.45) is 11.5 Å². The van der Waals surface area contributed by atoms with E-state index in [2.05, 4.69) is 0 Å². The fourth-order valence-electron chi connectivity index (χ4n) is 1.46. The summed E-state index contributed by atoms with van der Waals surface area (Å²) in [5.41, 5.74) is 10.7. The molecule has 17 heavy (non-hydrogen) atoms. The van der Waals surface area contributed by atoms with Crippen LogP contribution in [0.15, 0.2) is 18.2 Å². The number of hydrogen-bond acceptors (Lipinski definition) is 3. The molecule has 1 rings (SSSR count). The highest BCUT2D eigenvalue weighted by atomic mass is 19.4. The molecule has 0 unspecified atom stereocenters. The number of methoxy groups -OCH3 is 1. The third kappa shape index (κ3) is 3.61. The Morgan fingerprint density at radius 2 is 1.94 bits per heavy atom. The Bertz CT molecular complexity index is 379. The Hall–Kier alpha value is -1.27. The number of alkyl halides is 3. The van der Waals surface area contributed by atoms with Gasteiger partial charge in [0.1, 0.15) is 5.75 Å². The third-order valence-corrected chi connectivity index (χ3v) is 2.40. The van der Waals surface area contributed by atoms with Crippen molar-refractivity contribution in [1.82, 2.24) is 0 Å². The lowest BCUT2D eigenvalue weighted by Crippen LogP contribution is -2.16. The van der Waals surface area contributed by atoms with Crippen LogP contribution in [0.25, 0.3) is 0 Å². The van der Waals surface area contributed by atoms with E-state index in [0.717, 1.165) is 12.1 Å². The van der Waals surface area contributed by atoms with E-state index in [1.807, 2.05) is 0 Å². The first-order valence-electron chi connectivity index (χ1n) is 5.10. The van der Waals surface area contributed by atoms with E-state index in [1.54, 1.807) is 0 Å². The largest absolute Gasteiger partial charge is 0.497 e. The molecule has 0 heterocycles. The Labute approximate surface area is 97.5 Å². The Kier molecular flexibility index (Phi) is 4.36. The van der Waals surface area contributed by atoms with Crippen LogP contribution in [0.5, 0.6) is 5.75 Å². The molecule has 6 heteroatoms. The molecule has 0 fully saturated rings. The van der Waals surface area contributed by atoms with Crippen LogP contribution in [0.2, 0.25) is 0 Å². The van der Waals surface area contributed by atoms with Crippen LogP contribution < -0.4 is 16.2 Å². The summed E-state index contributed by atoms with van der Waals surface area (Å²) in [5.74, 6) is 0.141. The van der Waals surface area contributed by atoms with Gasteiger partial charge >= 0.3 is 6.18 Å². The van der Waals surface area contributed by atoms with Crippen LogP contribution in [0.3, 0.4) is 0 Å². The average molecular weight is 248 g/mol. The summed E-state index contributed by atoms with van der Waals surface area (Å²) in [4.78, 5) is 0. The third-order valence-electron chi connectivity index (χ3n) is 2.40. The zero-order chi connectivity index (χ0) is 13.1. The number of hydrogen-bond donors (Lipinski definition) is 2. The maximum absolute atomic E-state index is 12.6. The summed E-state index contributed by atoms with van der Waals surface area (Å²) in [5, 5.41) is 0. The lowest BCUT2D eigenvalue weighted by atomic mass is 10.0. The quantitative estimate of drug-likeness (QED) is 0.857. The SMILES string of the molecule is COc1cc([C@H](N)CCN)cc(C(F)(F)F)c1. The van der Waals surface area contributed by atoms with Crippen molar-refractivity contribution >= 4 is 0 Å². The van der Waals surface area contributed by atoms with Crippen molar-refractivity contribution in [3.63, 3.8) is 0 Å². The highest BCUT2D eigenvalue weighted by Gasteiger charge is 2.31. The number of halogens is 3. The van der Waals surface area contributed by atoms with Gasteiger partial charge in [0.15, 0.2) is 0 Å². The second-order valence-electron chi connectivity index (χ2n) is 3.68. The Balaban J connectivity index is 3.14. The molecular formula is C11H15F3N2O. The topological polar surface area (TPSA) is 61.3 Å². The predicted molar refractivity (Wildman–Crippen MR) is 58.6 cm³/mol. The van der Waals surface area contributed by atoms with Crippen molar-refractivity contribution in [2.75, 3.05) is 13.7 Å². The van der Waals surface area contributed by atoms with Crippen molar-refractivity contribution < 1.29 is 17.9 Å². The Morgan fingerprint density at radius 3 is 2.41 bits per heavy atom. The van der Waals surface area contributed by atoms with Crippen molar-refractivity contribution in [3.8, 4) is 5.75 Å². The summed E-state index contributed by atoms with van der Waals surface area (Å²) < 4.78 is 42.7. The number of ether oxygens (including phenoxy) is 1. The van der Waals surface area contributed by atoms with Crippen LogP contribution in [-0.2, 0) is 6.18 Å². The average Bonchev–Trinajstić information content (AvgIpc) is 2.27. The molecule has 1 aromatic rings. The van der Waals surface area contributed by atoms with E-state index in [4.69, 9.17) is 16.2 Å². The first-order chi connectivity index (χ1) is 7.88. The van der Waals surface area contributed by atoms with Gasteiger partial charge in [-0.3, -0.25) is 0 Å². The predicted octanol–water partition coefficient (Wildman–Crippen LogP) is 2.06. The second kappa shape index (κ2) is 5.37. The standard InChI is InChI=1S/C11H15F3N2O/c1-17-9-5-7(10(16)2-3-15)4-8(6-9)11(12,13)14/h4-6,10H,2-3,15-16H2,1H3/t10-/m1/s1. The molecule has 1 atom stereocenters. The lowest BCUT2D eigenvalue weighted by molar-refractivity contribution is -0.137. The van der Waals surface area contributed by atoms with Gasteiger partial charge in [-0.25, -0.2) is 0 Å². The summed E-state index contributed by atoms with van der Waals surface area (Å²) in [7, 11) is 1.31. The van der Waals surface area contributed by atoms with Crippen molar-refractivity contribution in [1.29, 1.82) is 0 Å². The van der Waals surface area contributed by atoms with Gasteiger partial charge in [0.25, 0.3) is 0 Å². The van der Waals surface area contributed by atoms with E-state index in [-0.39, 0.29) is 5.75 Å². The number of rotatable bonds is 4. The van der Waals surface area contributed by atoms with E-state index in [1.165, 1.54) is 13.2 Å². The zero-order valence-electron chi connectivity index (χ0n) is 9.42. The molecule has 0 saturated carbocycles. The van der Waals surface area contributed by atoms with Gasteiger partial charge in [-0.2, -0.15) is 13.2 Å². The molecule has 0 spiro atoms. The van der Waals surface area contributed by atoms with Gasteiger partial charge in [-0.15, -0.1) is 0 Å².